The molecule has 1 nitrogen and oxygen atoms in total. The van der Waals surface area contributed by atoms with Gasteiger partial charge in [-0.25, -0.2) is 4.39 Å². The largest absolute Gasteiger partial charge is 0.306 e. The average Bonchev–Trinajstić information content (AvgIpc) is 2.46. The van der Waals surface area contributed by atoms with Gasteiger partial charge in [-0.05, 0) is 48.1 Å². The van der Waals surface area contributed by atoms with Crippen molar-refractivity contribution in [3.05, 3.63) is 70.0 Å². The van der Waals surface area contributed by atoms with Gasteiger partial charge in [0.1, 0.15) is 5.82 Å². The zero-order chi connectivity index (χ0) is 13.9. The summed E-state index contributed by atoms with van der Waals surface area (Å²) in [6.45, 7) is 0.665. The van der Waals surface area contributed by atoms with Crippen LogP contribution >= 0.6 is 11.6 Å². The summed E-state index contributed by atoms with van der Waals surface area (Å²) in [5.74, 6) is -0.290. The van der Waals surface area contributed by atoms with Gasteiger partial charge in [0, 0.05) is 17.6 Å². The molecule has 0 heterocycles. The molecule has 0 saturated carbocycles. The van der Waals surface area contributed by atoms with Crippen molar-refractivity contribution < 1.29 is 4.39 Å². The number of fused-ring (bicyclic) bond motifs is 1. The lowest BCUT2D eigenvalue weighted by molar-refractivity contribution is 0.459. The Bertz CT molecular complexity index is 612. The van der Waals surface area contributed by atoms with E-state index in [1.165, 1.54) is 29.7 Å². The third-order valence-electron chi connectivity index (χ3n) is 3.92. The first-order chi connectivity index (χ1) is 9.74. The molecule has 1 atom stereocenters. The summed E-state index contributed by atoms with van der Waals surface area (Å²) in [5.41, 5.74) is 3.76. The van der Waals surface area contributed by atoms with E-state index in [0.29, 0.717) is 17.6 Å². The van der Waals surface area contributed by atoms with Gasteiger partial charge in [-0.1, -0.05) is 41.9 Å². The molecule has 1 aliphatic carbocycles. The maximum Gasteiger partial charge on any atom is 0.124 e. The summed E-state index contributed by atoms with van der Waals surface area (Å²) in [5, 5.41) is 4.04. The standard InChI is InChI=1S/C17H17ClFN/c18-16-10-14(19)9-8-13(16)11-20-17-7-3-5-12-4-1-2-6-15(12)17/h1-2,4,6,8-10,17,20H,3,5,7,11H2. The van der Waals surface area contributed by atoms with Crippen molar-refractivity contribution in [2.24, 2.45) is 0 Å². The second kappa shape index (κ2) is 5.94. The Kier molecular flexibility index (Phi) is 4.04. The zero-order valence-corrected chi connectivity index (χ0v) is 12.0. The van der Waals surface area contributed by atoms with E-state index in [1.807, 2.05) is 0 Å². The Morgan fingerprint density at radius 2 is 2.05 bits per heavy atom. The molecule has 2 aromatic carbocycles. The van der Waals surface area contributed by atoms with Crippen LogP contribution in [0.5, 0.6) is 0 Å². The normalized spacial score (nSPS) is 17.8. The predicted molar refractivity (Wildman–Crippen MR) is 80.4 cm³/mol. The van der Waals surface area contributed by atoms with Crippen LogP contribution in [0.4, 0.5) is 4.39 Å². The molecule has 3 rings (SSSR count). The number of halogens is 2. The molecule has 0 fully saturated rings. The fourth-order valence-corrected chi connectivity index (χ4v) is 3.10. The summed E-state index contributed by atoms with van der Waals surface area (Å²) < 4.78 is 13.0. The maximum absolute atomic E-state index is 13.0. The summed E-state index contributed by atoms with van der Waals surface area (Å²) >= 11 is 6.07. The smallest absolute Gasteiger partial charge is 0.124 e. The van der Waals surface area contributed by atoms with E-state index < -0.39 is 0 Å². The second-order valence-corrected chi connectivity index (χ2v) is 5.67. The molecule has 20 heavy (non-hydrogen) atoms. The molecule has 1 aliphatic rings. The van der Waals surface area contributed by atoms with Crippen LogP contribution in [0.3, 0.4) is 0 Å². The van der Waals surface area contributed by atoms with Crippen LogP contribution in [0.2, 0.25) is 5.02 Å². The van der Waals surface area contributed by atoms with Crippen molar-refractivity contribution in [1.82, 2.24) is 5.32 Å². The van der Waals surface area contributed by atoms with Crippen LogP contribution in [0, 0.1) is 5.82 Å². The van der Waals surface area contributed by atoms with Gasteiger partial charge < -0.3 is 5.32 Å². The van der Waals surface area contributed by atoms with Crippen LogP contribution in [-0.2, 0) is 13.0 Å². The van der Waals surface area contributed by atoms with Gasteiger partial charge in [0.05, 0.1) is 0 Å². The first kappa shape index (κ1) is 13.6. The van der Waals surface area contributed by atoms with Crippen LogP contribution in [0.1, 0.15) is 35.6 Å². The minimum atomic E-state index is -0.290. The van der Waals surface area contributed by atoms with Gasteiger partial charge in [-0.3, -0.25) is 0 Å². The number of benzene rings is 2. The van der Waals surface area contributed by atoms with Crippen LogP contribution in [0.15, 0.2) is 42.5 Å². The van der Waals surface area contributed by atoms with E-state index in [2.05, 4.69) is 29.6 Å². The van der Waals surface area contributed by atoms with Crippen molar-refractivity contribution >= 4 is 11.6 Å². The Balaban J connectivity index is 1.73. The fraction of sp³-hybridized carbons (Fsp3) is 0.294. The van der Waals surface area contributed by atoms with E-state index in [1.54, 1.807) is 6.07 Å². The minimum absolute atomic E-state index is 0.290. The number of rotatable bonds is 3. The lowest BCUT2D eigenvalue weighted by Crippen LogP contribution is -2.24. The number of hydrogen-bond acceptors (Lipinski definition) is 1. The van der Waals surface area contributed by atoms with Gasteiger partial charge >= 0.3 is 0 Å². The SMILES string of the molecule is Fc1ccc(CNC2CCCc3ccccc32)c(Cl)c1. The molecule has 1 N–H and O–H groups in total. The summed E-state index contributed by atoms with van der Waals surface area (Å²) in [6, 6.07) is 13.5. The summed E-state index contributed by atoms with van der Waals surface area (Å²) in [7, 11) is 0. The van der Waals surface area contributed by atoms with Crippen molar-refractivity contribution in [3.8, 4) is 0 Å². The number of hydrogen-bond donors (Lipinski definition) is 1. The van der Waals surface area contributed by atoms with Crippen molar-refractivity contribution in [2.45, 2.75) is 31.8 Å². The maximum atomic E-state index is 13.0. The van der Waals surface area contributed by atoms with E-state index in [0.717, 1.165) is 18.4 Å². The molecule has 0 aromatic heterocycles. The topological polar surface area (TPSA) is 12.0 Å². The predicted octanol–water partition coefficient (Wildman–Crippen LogP) is 4.65. The van der Waals surface area contributed by atoms with Crippen LogP contribution in [-0.4, -0.2) is 0 Å². The molecule has 0 amide bonds. The molecule has 0 radical (unpaired) electrons. The summed E-state index contributed by atoms with van der Waals surface area (Å²) in [6.07, 6.45) is 3.49. The van der Waals surface area contributed by atoms with Gasteiger partial charge in [0.2, 0.25) is 0 Å². The zero-order valence-electron chi connectivity index (χ0n) is 11.2. The molecule has 0 spiro atoms. The highest BCUT2D eigenvalue weighted by Crippen LogP contribution is 2.30. The van der Waals surface area contributed by atoms with Gasteiger partial charge in [0.15, 0.2) is 0 Å². The van der Waals surface area contributed by atoms with Crippen molar-refractivity contribution in [1.29, 1.82) is 0 Å². The third-order valence-corrected chi connectivity index (χ3v) is 4.28. The molecule has 104 valence electrons. The Hall–Kier alpha value is -1.38. The van der Waals surface area contributed by atoms with Gasteiger partial charge in [0.25, 0.3) is 0 Å². The van der Waals surface area contributed by atoms with Crippen LogP contribution < -0.4 is 5.32 Å². The lowest BCUT2D eigenvalue weighted by atomic mass is 9.87. The van der Waals surface area contributed by atoms with E-state index in [-0.39, 0.29) is 5.82 Å². The molecule has 0 saturated heterocycles. The van der Waals surface area contributed by atoms with Crippen molar-refractivity contribution in [3.63, 3.8) is 0 Å². The van der Waals surface area contributed by atoms with Gasteiger partial charge in [-0.2, -0.15) is 0 Å². The Labute approximate surface area is 123 Å². The molecule has 3 heteroatoms. The Morgan fingerprint density at radius 3 is 2.90 bits per heavy atom. The first-order valence-electron chi connectivity index (χ1n) is 6.99. The summed E-state index contributed by atoms with van der Waals surface area (Å²) in [4.78, 5) is 0. The molecule has 1 unspecified atom stereocenters. The minimum Gasteiger partial charge on any atom is -0.306 e. The van der Waals surface area contributed by atoms with Crippen LogP contribution in [0.25, 0.3) is 0 Å². The fourth-order valence-electron chi connectivity index (χ4n) is 2.86. The average molecular weight is 290 g/mol. The van der Waals surface area contributed by atoms with E-state index in [9.17, 15) is 4.39 Å². The van der Waals surface area contributed by atoms with Gasteiger partial charge in [-0.15, -0.1) is 0 Å². The highest BCUT2D eigenvalue weighted by Gasteiger charge is 2.19. The second-order valence-electron chi connectivity index (χ2n) is 5.26. The van der Waals surface area contributed by atoms with Crippen molar-refractivity contribution in [2.75, 3.05) is 0 Å². The molecule has 0 bridgehead atoms. The highest BCUT2D eigenvalue weighted by molar-refractivity contribution is 6.31. The molecular formula is C17H17ClFN. The Morgan fingerprint density at radius 1 is 1.20 bits per heavy atom. The first-order valence-corrected chi connectivity index (χ1v) is 7.37. The monoisotopic (exact) mass is 289 g/mol. The lowest BCUT2D eigenvalue weighted by Gasteiger charge is -2.26. The number of aryl methyl sites for hydroxylation is 1. The van der Waals surface area contributed by atoms with E-state index >= 15 is 0 Å². The third kappa shape index (κ3) is 2.87. The molecule has 2 aromatic rings. The molecular weight excluding hydrogens is 273 g/mol. The molecule has 0 aliphatic heterocycles. The van der Waals surface area contributed by atoms with E-state index in [4.69, 9.17) is 11.6 Å². The quantitative estimate of drug-likeness (QED) is 0.867. The number of nitrogens with one attached hydrogen (secondary N) is 1. The highest BCUT2D eigenvalue weighted by atomic mass is 35.5.